The first kappa shape index (κ1) is 13.1. The van der Waals surface area contributed by atoms with E-state index in [1.165, 1.54) is 0 Å². The Labute approximate surface area is 125 Å². The molecule has 0 spiro atoms. The van der Waals surface area contributed by atoms with Gasteiger partial charge in [0.2, 0.25) is 0 Å². The van der Waals surface area contributed by atoms with Gasteiger partial charge in [0.25, 0.3) is 5.24 Å². The van der Waals surface area contributed by atoms with Gasteiger partial charge in [0.1, 0.15) is 11.4 Å². The van der Waals surface area contributed by atoms with Crippen LogP contribution >= 0.6 is 22.9 Å². The van der Waals surface area contributed by atoms with E-state index < -0.39 is 5.24 Å². The second kappa shape index (κ2) is 5.23. The third-order valence-corrected chi connectivity index (χ3v) is 4.05. The Balaban J connectivity index is 2.14. The van der Waals surface area contributed by atoms with Gasteiger partial charge in [-0.3, -0.25) is 4.79 Å². The number of benzene rings is 1. The van der Waals surface area contributed by atoms with Crippen LogP contribution in [-0.2, 0) is 0 Å². The third kappa shape index (κ3) is 2.40. The molecule has 0 atom stereocenters. The lowest BCUT2D eigenvalue weighted by Crippen LogP contribution is -2.04. The van der Waals surface area contributed by atoms with Crippen molar-refractivity contribution in [3.05, 3.63) is 59.1 Å². The molecule has 0 aliphatic heterocycles. The lowest BCUT2D eigenvalue weighted by Gasteiger charge is -2.04. The lowest BCUT2D eigenvalue weighted by atomic mass is 10.2. The van der Waals surface area contributed by atoms with E-state index in [1.54, 1.807) is 22.1 Å². The van der Waals surface area contributed by atoms with Crippen LogP contribution in [0.3, 0.4) is 0 Å². The Hall–Kier alpha value is -1.91. The Bertz CT molecular complexity index is 745. The second-order valence-electron chi connectivity index (χ2n) is 4.41. The summed E-state index contributed by atoms with van der Waals surface area (Å²) in [5.74, 6) is 0. The van der Waals surface area contributed by atoms with Gasteiger partial charge in [-0.05, 0) is 48.2 Å². The van der Waals surface area contributed by atoms with Crippen LogP contribution in [0, 0.1) is 6.92 Å². The average Bonchev–Trinajstić information content (AvgIpc) is 3.08. The Morgan fingerprint density at radius 2 is 2.00 bits per heavy atom. The van der Waals surface area contributed by atoms with Gasteiger partial charge in [-0.25, -0.2) is 4.68 Å². The maximum atomic E-state index is 11.6. The van der Waals surface area contributed by atoms with Gasteiger partial charge in [0, 0.05) is 0 Å². The Kier molecular flexibility index (Phi) is 3.42. The molecule has 1 aromatic carbocycles. The summed E-state index contributed by atoms with van der Waals surface area (Å²) in [5, 5.41) is 5.96. The SMILES string of the molecule is Cc1ccc(-n2nc(-c3cccs3)cc2C(=O)Cl)cc1. The van der Waals surface area contributed by atoms with E-state index in [-0.39, 0.29) is 0 Å². The smallest absolute Gasteiger partial charge is 0.270 e. The highest BCUT2D eigenvalue weighted by molar-refractivity contribution is 7.13. The minimum atomic E-state index is -0.513. The fourth-order valence-electron chi connectivity index (χ4n) is 1.95. The summed E-state index contributed by atoms with van der Waals surface area (Å²) in [6.07, 6.45) is 0. The molecule has 0 saturated heterocycles. The van der Waals surface area contributed by atoms with Crippen molar-refractivity contribution >= 4 is 28.2 Å². The lowest BCUT2D eigenvalue weighted by molar-refractivity contribution is 0.107. The molecule has 0 bridgehead atoms. The molecule has 3 nitrogen and oxygen atoms in total. The molecule has 0 amide bonds. The molecule has 2 aromatic heterocycles. The highest BCUT2D eigenvalue weighted by Gasteiger charge is 2.16. The molecule has 0 saturated carbocycles. The van der Waals surface area contributed by atoms with E-state index in [9.17, 15) is 4.79 Å². The molecule has 2 heterocycles. The van der Waals surface area contributed by atoms with Crippen LogP contribution in [0.25, 0.3) is 16.3 Å². The molecule has 3 aromatic rings. The van der Waals surface area contributed by atoms with Gasteiger partial charge >= 0.3 is 0 Å². The molecule has 3 rings (SSSR count). The number of aryl methyl sites for hydroxylation is 1. The third-order valence-electron chi connectivity index (χ3n) is 2.96. The van der Waals surface area contributed by atoms with Crippen LogP contribution in [0.4, 0.5) is 0 Å². The van der Waals surface area contributed by atoms with Crippen molar-refractivity contribution in [1.82, 2.24) is 9.78 Å². The molecular weight excluding hydrogens is 292 g/mol. The fourth-order valence-corrected chi connectivity index (χ4v) is 2.76. The summed E-state index contributed by atoms with van der Waals surface area (Å²) in [4.78, 5) is 12.6. The van der Waals surface area contributed by atoms with Crippen LogP contribution in [0.15, 0.2) is 47.8 Å². The number of hydrogen-bond acceptors (Lipinski definition) is 3. The number of carbonyl (C=O) groups is 1. The van der Waals surface area contributed by atoms with Gasteiger partial charge in [0.15, 0.2) is 0 Å². The number of halogens is 1. The molecule has 0 aliphatic rings. The number of carbonyl (C=O) groups excluding carboxylic acids is 1. The van der Waals surface area contributed by atoms with E-state index in [1.807, 2.05) is 48.7 Å². The number of rotatable bonds is 3. The largest absolute Gasteiger partial charge is 0.274 e. The predicted octanol–water partition coefficient (Wildman–Crippen LogP) is 4.29. The molecule has 5 heteroatoms. The van der Waals surface area contributed by atoms with Crippen LogP contribution in [-0.4, -0.2) is 15.0 Å². The standard InChI is InChI=1S/C15H11ClN2OS/c1-10-4-6-11(7-5-10)18-13(15(16)19)9-12(17-18)14-3-2-8-20-14/h2-9H,1H3. The quantitative estimate of drug-likeness (QED) is 0.677. The molecular formula is C15H11ClN2OS. The van der Waals surface area contributed by atoms with Crippen molar-refractivity contribution in [3.8, 4) is 16.3 Å². The first-order valence-corrected chi connectivity index (χ1v) is 7.32. The highest BCUT2D eigenvalue weighted by Crippen LogP contribution is 2.26. The van der Waals surface area contributed by atoms with Crippen LogP contribution in [0.1, 0.15) is 16.1 Å². The van der Waals surface area contributed by atoms with Gasteiger partial charge in [-0.15, -0.1) is 11.3 Å². The van der Waals surface area contributed by atoms with E-state index >= 15 is 0 Å². The number of nitrogens with zero attached hydrogens (tertiary/aromatic N) is 2. The van der Waals surface area contributed by atoms with Crippen molar-refractivity contribution in [3.63, 3.8) is 0 Å². The summed E-state index contributed by atoms with van der Waals surface area (Å²) in [5.41, 5.74) is 3.10. The van der Waals surface area contributed by atoms with Crippen molar-refractivity contribution in [2.45, 2.75) is 6.92 Å². The average molecular weight is 303 g/mol. The normalized spacial score (nSPS) is 10.7. The monoisotopic (exact) mass is 302 g/mol. The molecule has 0 unspecified atom stereocenters. The van der Waals surface area contributed by atoms with E-state index in [2.05, 4.69) is 5.10 Å². The van der Waals surface area contributed by atoms with E-state index in [4.69, 9.17) is 11.6 Å². The maximum absolute atomic E-state index is 11.6. The Morgan fingerprint density at radius 1 is 1.25 bits per heavy atom. The molecule has 0 aliphatic carbocycles. The molecule has 0 radical (unpaired) electrons. The fraction of sp³-hybridized carbons (Fsp3) is 0.0667. The van der Waals surface area contributed by atoms with Gasteiger partial charge in [0.05, 0.1) is 10.6 Å². The molecule has 100 valence electrons. The van der Waals surface area contributed by atoms with Gasteiger partial charge in [-0.2, -0.15) is 5.10 Å². The number of hydrogen-bond donors (Lipinski definition) is 0. The summed E-state index contributed by atoms with van der Waals surface area (Å²) >= 11 is 7.25. The first-order chi connectivity index (χ1) is 9.65. The van der Waals surface area contributed by atoms with Crippen LogP contribution in [0.2, 0.25) is 0 Å². The van der Waals surface area contributed by atoms with Crippen molar-refractivity contribution in [1.29, 1.82) is 0 Å². The van der Waals surface area contributed by atoms with E-state index in [0.717, 1.165) is 21.8 Å². The molecule has 0 fully saturated rings. The maximum Gasteiger partial charge on any atom is 0.270 e. The number of aromatic nitrogens is 2. The Morgan fingerprint density at radius 3 is 2.60 bits per heavy atom. The molecule has 20 heavy (non-hydrogen) atoms. The predicted molar refractivity (Wildman–Crippen MR) is 81.8 cm³/mol. The first-order valence-electron chi connectivity index (χ1n) is 6.06. The van der Waals surface area contributed by atoms with Crippen LogP contribution in [0.5, 0.6) is 0 Å². The van der Waals surface area contributed by atoms with E-state index in [0.29, 0.717) is 5.69 Å². The zero-order valence-electron chi connectivity index (χ0n) is 10.7. The zero-order chi connectivity index (χ0) is 14.1. The highest BCUT2D eigenvalue weighted by atomic mass is 35.5. The summed E-state index contributed by atoms with van der Waals surface area (Å²) < 4.78 is 1.59. The minimum absolute atomic E-state index is 0.374. The van der Waals surface area contributed by atoms with Gasteiger partial charge in [-0.1, -0.05) is 23.8 Å². The minimum Gasteiger partial charge on any atom is -0.274 e. The van der Waals surface area contributed by atoms with Crippen molar-refractivity contribution in [2.24, 2.45) is 0 Å². The second-order valence-corrected chi connectivity index (χ2v) is 5.70. The van der Waals surface area contributed by atoms with Gasteiger partial charge < -0.3 is 0 Å². The zero-order valence-corrected chi connectivity index (χ0v) is 12.3. The summed E-state index contributed by atoms with van der Waals surface area (Å²) in [7, 11) is 0. The molecule has 0 N–H and O–H groups in total. The summed E-state index contributed by atoms with van der Waals surface area (Å²) in [6, 6.07) is 13.4. The van der Waals surface area contributed by atoms with Crippen molar-refractivity contribution in [2.75, 3.05) is 0 Å². The summed E-state index contributed by atoms with van der Waals surface area (Å²) in [6.45, 7) is 2.01. The number of thiophene rings is 1. The van der Waals surface area contributed by atoms with Crippen LogP contribution < -0.4 is 0 Å². The van der Waals surface area contributed by atoms with Crippen molar-refractivity contribution < 1.29 is 4.79 Å². The topological polar surface area (TPSA) is 34.9 Å².